The molecule has 0 spiro atoms. The number of para-hydroxylation sites is 2. The molecule has 3 rings (SSSR count). The van der Waals surface area contributed by atoms with Crippen LogP contribution in [0.25, 0.3) is 0 Å². The van der Waals surface area contributed by atoms with Gasteiger partial charge in [-0.2, -0.15) is 0 Å². The molecule has 1 atom stereocenters. The number of morpholine rings is 1. The fraction of sp³-hybridized carbons (Fsp3) is 0.538. The van der Waals surface area contributed by atoms with Crippen molar-refractivity contribution in [3.63, 3.8) is 0 Å². The van der Waals surface area contributed by atoms with Crippen LogP contribution in [0.15, 0.2) is 24.3 Å². The van der Waals surface area contributed by atoms with Gasteiger partial charge < -0.3 is 20.3 Å². The Balaban J connectivity index is 1.71. The minimum absolute atomic E-state index is 0.454. The van der Waals surface area contributed by atoms with Crippen molar-refractivity contribution in [3.8, 4) is 0 Å². The molecule has 1 fully saturated rings. The minimum Gasteiger partial charge on any atom is -0.382 e. The van der Waals surface area contributed by atoms with Crippen molar-refractivity contribution in [2.75, 3.05) is 49.6 Å². The summed E-state index contributed by atoms with van der Waals surface area (Å²) in [7, 11) is 0. The van der Waals surface area contributed by atoms with Crippen LogP contribution in [-0.4, -0.2) is 45.4 Å². The predicted octanol–water partition coefficient (Wildman–Crippen LogP) is 0.907. The number of nitrogens with one attached hydrogen (secondary N) is 2. The van der Waals surface area contributed by atoms with E-state index in [1.54, 1.807) is 0 Å². The van der Waals surface area contributed by atoms with Crippen LogP contribution in [0.1, 0.15) is 0 Å². The molecule has 0 aromatic heterocycles. The molecule has 4 nitrogen and oxygen atoms in total. The minimum atomic E-state index is 0.454. The van der Waals surface area contributed by atoms with Gasteiger partial charge in [-0.05, 0) is 12.1 Å². The highest BCUT2D eigenvalue weighted by molar-refractivity contribution is 5.71. The summed E-state index contributed by atoms with van der Waals surface area (Å²) in [5.74, 6) is 0. The van der Waals surface area contributed by atoms with E-state index in [0.29, 0.717) is 6.04 Å². The van der Waals surface area contributed by atoms with E-state index in [1.807, 2.05) is 0 Å². The molecule has 4 heteroatoms. The monoisotopic (exact) mass is 233 g/mol. The molecule has 92 valence electrons. The summed E-state index contributed by atoms with van der Waals surface area (Å²) in [4.78, 5) is 2.44. The van der Waals surface area contributed by atoms with E-state index in [1.165, 1.54) is 11.4 Å². The first-order valence-corrected chi connectivity index (χ1v) is 6.32. The van der Waals surface area contributed by atoms with Crippen LogP contribution in [-0.2, 0) is 4.74 Å². The molecule has 0 saturated carbocycles. The lowest BCUT2D eigenvalue weighted by Crippen LogP contribution is -2.50. The van der Waals surface area contributed by atoms with Gasteiger partial charge in [0.15, 0.2) is 0 Å². The number of benzene rings is 1. The summed E-state index contributed by atoms with van der Waals surface area (Å²) in [6, 6.07) is 8.97. The number of nitrogens with zero attached hydrogens (tertiary/aromatic N) is 1. The van der Waals surface area contributed by atoms with Crippen LogP contribution < -0.4 is 15.5 Å². The lowest BCUT2D eigenvalue weighted by atomic mass is 10.1. The van der Waals surface area contributed by atoms with Gasteiger partial charge >= 0.3 is 0 Å². The summed E-state index contributed by atoms with van der Waals surface area (Å²) < 4.78 is 5.51. The Hall–Kier alpha value is -1.26. The van der Waals surface area contributed by atoms with Gasteiger partial charge in [0.1, 0.15) is 0 Å². The largest absolute Gasteiger partial charge is 0.382 e. The third-order valence-electron chi connectivity index (χ3n) is 3.38. The zero-order valence-corrected chi connectivity index (χ0v) is 9.98. The zero-order chi connectivity index (χ0) is 11.5. The second kappa shape index (κ2) is 4.94. The van der Waals surface area contributed by atoms with E-state index in [4.69, 9.17) is 4.74 Å². The molecule has 1 saturated heterocycles. The van der Waals surface area contributed by atoms with Crippen molar-refractivity contribution in [3.05, 3.63) is 24.3 Å². The standard InChI is InChI=1S/C13H19N3O/c1-2-4-13-12(3-1)15-5-7-16(13)9-11-10-17-8-6-14-11/h1-4,11,14-15H,5-10H2. The smallest absolute Gasteiger partial charge is 0.0637 e. The van der Waals surface area contributed by atoms with E-state index >= 15 is 0 Å². The van der Waals surface area contributed by atoms with Gasteiger partial charge in [0.05, 0.1) is 24.6 Å². The molecule has 2 aliphatic heterocycles. The molecule has 1 unspecified atom stereocenters. The Bertz CT molecular complexity index is 377. The van der Waals surface area contributed by atoms with E-state index in [0.717, 1.165) is 39.4 Å². The van der Waals surface area contributed by atoms with Gasteiger partial charge in [-0.15, -0.1) is 0 Å². The summed E-state index contributed by atoms with van der Waals surface area (Å²) in [5, 5.41) is 6.95. The lowest BCUT2D eigenvalue weighted by Gasteiger charge is -2.36. The zero-order valence-electron chi connectivity index (χ0n) is 9.98. The third kappa shape index (κ3) is 2.37. The fourth-order valence-electron chi connectivity index (χ4n) is 2.54. The van der Waals surface area contributed by atoms with Crippen LogP contribution >= 0.6 is 0 Å². The Labute approximate surface area is 102 Å². The second-order valence-electron chi connectivity index (χ2n) is 4.62. The van der Waals surface area contributed by atoms with Gasteiger partial charge in [-0.3, -0.25) is 0 Å². The van der Waals surface area contributed by atoms with Crippen LogP contribution in [0.4, 0.5) is 11.4 Å². The van der Waals surface area contributed by atoms with Gasteiger partial charge in [0.2, 0.25) is 0 Å². The molecule has 17 heavy (non-hydrogen) atoms. The predicted molar refractivity (Wildman–Crippen MR) is 69.8 cm³/mol. The highest BCUT2D eigenvalue weighted by Crippen LogP contribution is 2.28. The molecule has 2 N–H and O–H groups in total. The molecular formula is C13H19N3O. The molecule has 2 aliphatic rings. The fourth-order valence-corrected chi connectivity index (χ4v) is 2.54. The van der Waals surface area contributed by atoms with Gasteiger partial charge in [-0.1, -0.05) is 12.1 Å². The Morgan fingerprint density at radius 3 is 3.12 bits per heavy atom. The molecule has 1 aromatic carbocycles. The van der Waals surface area contributed by atoms with E-state index in [2.05, 4.69) is 39.8 Å². The number of ether oxygens (including phenoxy) is 1. The quantitative estimate of drug-likeness (QED) is 0.796. The normalized spacial score (nSPS) is 24.0. The highest BCUT2D eigenvalue weighted by Gasteiger charge is 2.21. The summed E-state index contributed by atoms with van der Waals surface area (Å²) in [5.41, 5.74) is 2.56. The average molecular weight is 233 g/mol. The molecule has 0 amide bonds. The summed E-state index contributed by atoms with van der Waals surface area (Å²) in [6.07, 6.45) is 0. The first-order valence-electron chi connectivity index (χ1n) is 6.32. The summed E-state index contributed by atoms with van der Waals surface area (Å²) in [6.45, 7) is 5.75. The molecule has 0 aliphatic carbocycles. The molecular weight excluding hydrogens is 214 g/mol. The Kier molecular flexibility index (Phi) is 3.16. The molecule has 1 aromatic rings. The van der Waals surface area contributed by atoms with Crippen molar-refractivity contribution in [2.45, 2.75) is 6.04 Å². The molecule has 0 radical (unpaired) electrons. The van der Waals surface area contributed by atoms with Crippen molar-refractivity contribution in [1.82, 2.24) is 5.32 Å². The van der Waals surface area contributed by atoms with Crippen molar-refractivity contribution in [1.29, 1.82) is 0 Å². The van der Waals surface area contributed by atoms with Crippen LogP contribution in [0.3, 0.4) is 0 Å². The number of fused-ring (bicyclic) bond motifs is 1. The van der Waals surface area contributed by atoms with Crippen molar-refractivity contribution < 1.29 is 4.74 Å². The van der Waals surface area contributed by atoms with Crippen LogP contribution in [0.5, 0.6) is 0 Å². The first kappa shape index (κ1) is 10.9. The van der Waals surface area contributed by atoms with Crippen molar-refractivity contribution in [2.24, 2.45) is 0 Å². The second-order valence-corrected chi connectivity index (χ2v) is 4.62. The maximum atomic E-state index is 5.51. The van der Waals surface area contributed by atoms with Gasteiger partial charge in [-0.25, -0.2) is 0 Å². The topological polar surface area (TPSA) is 36.5 Å². The maximum absolute atomic E-state index is 5.51. The van der Waals surface area contributed by atoms with Crippen LogP contribution in [0, 0.1) is 0 Å². The van der Waals surface area contributed by atoms with E-state index in [9.17, 15) is 0 Å². The highest BCUT2D eigenvalue weighted by atomic mass is 16.5. The van der Waals surface area contributed by atoms with Gasteiger partial charge in [0, 0.05) is 32.2 Å². The average Bonchev–Trinajstić information content (AvgIpc) is 2.40. The Morgan fingerprint density at radius 2 is 2.24 bits per heavy atom. The number of hydrogen-bond acceptors (Lipinski definition) is 4. The maximum Gasteiger partial charge on any atom is 0.0637 e. The van der Waals surface area contributed by atoms with E-state index < -0.39 is 0 Å². The lowest BCUT2D eigenvalue weighted by molar-refractivity contribution is 0.0788. The number of anilines is 2. The van der Waals surface area contributed by atoms with Gasteiger partial charge in [0.25, 0.3) is 0 Å². The SMILES string of the molecule is c1ccc2c(c1)NCCN2CC1COCCN1. The Morgan fingerprint density at radius 1 is 1.29 bits per heavy atom. The summed E-state index contributed by atoms with van der Waals surface area (Å²) >= 11 is 0. The van der Waals surface area contributed by atoms with Crippen LogP contribution in [0.2, 0.25) is 0 Å². The number of rotatable bonds is 2. The number of hydrogen-bond donors (Lipinski definition) is 2. The first-order chi connectivity index (χ1) is 8.43. The van der Waals surface area contributed by atoms with E-state index in [-0.39, 0.29) is 0 Å². The van der Waals surface area contributed by atoms with Crippen molar-refractivity contribution >= 4 is 11.4 Å². The molecule has 0 bridgehead atoms. The third-order valence-corrected chi connectivity index (χ3v) is 3.38. The molecule has 2 heterocycles.